The SMILES string of the molecule is CNC(=O)c1c(-c2ccc(F)cc2)oc2ccc(-c3cc(C(=O)CCC(C)C)ccc3OC)cc12. The van der Waals surface area contributed by atoms with Crippen LogP contribution in [-0.4, -0.2) is 25.8 Å². The van der Waals surface area contributed by atoms with Crippen molar-refractivity contribution in [1.82, 2.24) is 5.32 Å². The van der Waals surface area contributed by atoms with E-state index >= 15 is 0 Å². The molecule has 35 heavy (non-hydrogen) atoms. The number of hydrogen-bond acceptors (Lipinski definition) is 4. The highest BCUT2D eigenvalue weighted by Gasteiger charge is 2.23. The average Bonchev–Trinajstić information content (AvgIpc) is 3.25. The quantitative estimate of drug-likeness (QED) is 0.283. The summed E-state index contributed by atoms with van der Waals surface area (Å²) in [5.41, 5.74) is 3.63. The summed E-state index contributed by atoms with van der Waals surface area (Å²) in [5, 5.41) is 3.28. The fourth-order valence-corrected chi connectivity index (χ4v) is 4.09. The van der Waals surface area contributed by atoms with Crippen molar-refractivity contribution >= 4 is 22.7 Å². The molecule has 180 valence electrons. The van der Waals surface area contributed by atoms with Crippen LogP contribution in [0.2, 0.25) is 0 Å². The standard InChI is InChI=1S/C29H28FNO4/c1-17(2)5-12-24(32)20-9-13-25(34-4)22(16-20)19-8-14-26-23(15-19)27(29(33)31-3)28(35-26)18-6-10-21(30)11-7-18/h6-11,13-17H,5,12H2,1-4H3,(H,31,33). The van der Waals surface area contributed by atoms with Crippen LogP contribution in [0.1, 0.15) is 47.4 Å². The van der Waals surface area contributed by atoms with Crippen LogP contribution in [0.4, 0.5) is 4.39 Å². The van der Waals surface area contributed by atoms with Gasteiger partial charge in [0, 0.05) is 35.5 Å². The van der Waals surface area contributed by atoms with Crippen molar-refractivity contribution < 1.29 is 23.1 Å². The van der Waals surface area contributed by atoms with Crippen molar-refractivity contribution in [2.24, 2.45) is 5.92 Å². The third-order valence-electron chi connectivity index (χ3n) is 6.03. The van der Waals surface area contributed by atoms with Gasteiger partial charge in [0.2, 0.25) is 0 Å². The van der Waals surface area contributed by atoms with Gasteiger partial charge in [-0.15, -0.1) is 0 Å². The van der Waals surface area contributed by atoms with Gasteiger partial charge in [-0.3, -0.25) is 9.59 Å². The van der Waals surface area contributed by atoms with E-state index in [9.17, 15) is 14.0 Å². The van der Waals surface area contributed by atoms with Gasteiger partial charge >= 0.3 is 0 Å². The molecule has 0 saturated carbocycles. The Labute approximate surface area is 203 Å². The van der Waals surface area contributed by atoms with Gasteiger partial charge in [0.15, 0.2) is 5.78 Å². The van der Waals surface area contributed by atoms with Crippen molar-refractivity contribution in [1.29, 1.82) is 0 Å². The first-order valence-electron chi connectivity index (χ1n) is 11.6. The van der Waals surface area contributed by atoms with Crippen LogP contribution in [0.3, 0.4) is 0 Å². The van der Waals surface area contributed by atoms with Crippen LogP contribution in [0.15, 0.2) is 65.1 Å². The molecule has 0 radical (unpaired) electrons. The van der Waals surface area contributed by atoms with E-state index in [1.54, 1.807) is 44.5 Å². The molecule has 1 N–H and O–H groups in total. The first-order chi connectivity index (χ1) is 16.8. The summed E-state index contributed by atoms with van der Waals surface area (Å²) in [6.07, 6.45) is 1.30. The predicted octanol–water partition coefficient (Wildman–Crippen LogP) is 6.89. The summed E-state index contributed by atoms with van der Waals surface area (Å²) in [7, 11) is 3.13. The van der Waals surface area contributed by atoms with Crippen molar-refractivity contribution in [2.75, 3.05) is 14.2 Å². The number of carbonyl (C=O) groups is 2. The van der Waals surface area contributed by atoms with Gasteiger partial charge in [-0.25, -0.2) is 4.39 Å². The molecule has 6 heteroatoms. The van der Waals surface area contributed by atoms with E-state index in [0.717, 1.165) is 17.5 Å². The highest BCUT2D eigenvalue weighted by molar-refractivity contribution is 6.12. The fourth-order valence-electron chi connectivity index (χ4n) is 4.09. The number of carbonyl (C=O) groups excluding carboxylic acids is 2. The second kappa shape index (κ2) is 10.1. The second-order valence-electron chi connectivity index (χ2n) is 8.87. The molecule has 5 nitrogen and oxygen atoms in total. The summed E-state index contributed by atoms with van der Waals surface area (Å²) >= 11 is 0. The van der Waals surface area contributed by atoms with Gasteiger partial charge in [0.1, 0.15) is 22.9 Å². The highest BCUT2D eigenvalue weighted by atomic mass is 19.1. The van der Waals surface area contributed by atoms with Crippen LogP contribution in [0.5, 0.6) is 5.75 Å². The molecule has 0 aliphatic heterocycles. The number of rotatable bonds is 8. The fraction of sp³-hybridized carbons (Fsp3) is 0.241. The Balaban J connectivity index is 1.85. The largest absolute Gasteiger partial charge is 0.496 e. The highest BCUT2D eigenvalue weighted by Crippen LogP contribution is 2.38. The maximum atomic E-state index is 13.5. The minimum atomic E-state index is -0.372. The van der Waals surface area contributed by atoms with Crippen LogP contribution < -0.4 is 10.1 Å². The molecule has 0 bridgehead atoms. The summed E-state index contributed by atoms with van der Waals surface area (Å²) in [6.45, 7) is 4.19. The Bertz CT molecular complexity index is 1390. The second-order valence-corrected chi connectivity index (χ2v) is 8.87. The Kier molecular flexibility index (Phi) is 7.01. The third kappa shape index (κ3) is 4.97. The van der Waals surface area contributed by atoms with Crippen LogP contribution in [0, 0.1) is 11.7 Å². The topological polar surface area (TPSA) is 68.5 Å². The molecule has 1 amide bonds. The Morgan fingerprint density at radius 2 is 1.71 bits per heavy atom. The normalized spacial score (nSPS) is 11.1. The first kappa shape index (κ1) is 24.2. The third-order valence-corrected chi connectivity index (χ3v) is 6.03. The molecule has 0 unspecified atom stereocenters. The number of ether oxygens (including phenoxy) is 1. The van der Waals surface area contributed by atoms with E-state index in [2.05, 4.69) is 19.2 Å². The maximum Gasteiger partial charge on any atom is 0.255 e. The summed E-state index contributed by atoms with van der Waals surface area (Å²) in [6, 6.07) is 16.7. The lowest BCUT2D eigenvalue weighted by atomic mass is 9.95. The lowest BCUT2D eigenvalue weighted by Crippen LogP contribution is -2.18. The minimum absolute atomic E-state index is 0.0802. The van der Waals surface area contributed by atoms with Crippen molar-refractivity contribution in [3.05, 3.63) is 77.6 Å². The molecular formula is C29H28FNO4. The van der Waals surface area contributed by atoms with Gasteiger partial charge in [-0.2, -0.15) is 0 Å². The molecule has 0 spiro atoms. The van der Waals surface area contributed by atoms with Crippen molar-refractivity contribution in [3.63, 3.8) is 0 Å². The monoisotopic (exact) mass is 473 g/mol. The van der Waals surface area contributed by atoms with E-state index in [-0.39, 0.29) is 17.5 Å². The number of benzene rings is 3. The van der Waals surface area contributed by atoms with Crippen LogP contribution >= 0.6 is 0 Å². The zero-order valence-corrected chi connectivity index (χ0v) is 20.3. The number of fused-ring (bicyclic) bond motifs is 1. The Hall–Kier alpha value is -3.93. The molecule has 0 fully saturated rings. The molecule has 4 aromatic rings. The first-order valence-corrected chi connectivity index (χ1v) is 11.6. The molecule has 1 aromatic heterocycles. The zero-order chi connectivity index (χ0) is 25.1. The number of amides is 1. The summed E-state index contributed by atoms with van der Waals surface area (Å²) in [4.78, 5) is 25.7. The predicted molar refractivity (Wildman–Crippen MR) is 135 cm³/mol. The summed E-state index contributed by atoms with van der Waals surface area (Å²) < 4.78 is 25.1. The lowest BCUT2D eigenvalue weighted by Gasteiger charge is -2.12. The average molecular weight is 474 g/mol. The zero-order valence-electron chi connectivity index (χ0n) is 20.3. The minimum Gasteiger partial charge on any atom is -0.496 e. The number of furan rings is 1. The van der Waals surface area contributed by atoms with Crippen LogP contribution in [0.25, 0.3) is 33.4 Å². The van der Waals surface area contributed by atoms with Crippen molar-refractivity contribution in [3.8, 4) is 28.2 Å². The molecule has 3 aromatic carbocycles. The van der Waals surface area contributed by atoms with Gasteiger partial charge in [-0.1, -0.05) is 19.9 Å². The molecule has 0 aliphatic rings. The van der Waals surface area contributed by atoms with E-state index in [1.165, 1.54) is 12.1 Å². The maximum absolute atomic E-state index is 13.5. The van der Waals surface area contributed by atoms with Crippen LogP contribution in [-0.2, 0) is 0 Å². The van der Waals surface area contributed by atoms with Gasteiger partial charge in [0.25, 0.3) is 5.91 Å². The number of Topliss-reactive ketones (excluding diaryl/α,β-unsaturated/α-hetero) is 1. The van der Waals surface area contributed by atoms with Gasteiger partial charge in [0.05, 0.1) is 12.7 Å². The Morgan fingerprint density at radius 3 is 2.37 bits per heavy atom. The molecule has 0 atom stereocenters. The number of methoxy groups -OCH3 is 1. The molecule has 0 saturated heterocycles. The number of ketones is 1. The molecule has 0 aliphatic carbocycles. The molecular weight excluding hydrogens is 445 g/mol. The summed E-state index contributed by atoms with van der Waals surface area (Å²) in [5.74, 6) is 0.818. The Morgan fingerprint density at radius 1 is 1.00 bits per heavy atom. The van der Waals surface area contributed by atoms with Gasteiger partial charge in [-0.05, 0) is 72.5 Å². The van der Waals surface area contributed by atoms with Crippen molar-refractivity contribution in [2.45, 2.75) is 26.7 Å². The van der Waals surface area contributed by atoms with E-state index in [4.69, 9.17) is 9.15 Å². The van der Waals surface area contributed by atoms with E-state index in [1.807, 2.05) is 18.2 Å². The van der Waals surface area contributed by atoms with E-state index in [0.29, 0.717) is 51.5 Å². The van der Waals surface area contributed by atoms with Gasteiger partial charge < -0.3 is 14.5 Å². The molecule has 1 heterocycles. The number of nitrogens with one attached hydrogen (secondary N) is 1. The molecule has 4 rings (SSSR count). The lowest BCUT2D eigenvalue weighted by molar-refractivity contribution is 0.0960. The smallest absolute Gasteiger partial charge is 0.255 e. The number of halogens is 1. The van der Waals surface area contributed by atoms with E-state index < -0.39 is 0 Å². The number of hydrogen-bond donors (Lipinski definition) is 1.